The van der Waals surface area contributed by atoms with E-state index in [4.69, 9.17) is 14.2 Å². The van der Waals surface area contributed by atoms with Gasteiger partial charge < -0.3 is 29.1 Å². The molecule has 1 atom stereocenters. The molecule has 1 N–H and O–H groups in total. The van der Waals surface area contributed by atoms with Gasteiger partial charge in [0.1, 0.15) is 12.4 Å². The van der Waals surface area contributed by atoms with Gasteiger partial charge in [-0.3, -0.25) is 9.59 Å². The number of aliphatic hydroxyl groups excluding tert-OH is 1. The molecule has 0 radical (unpaired) electrons. The molecule has 0 aromatic heterocycles. The molecule has 1 aliphatic heterocycles. The summed E-state index contributed by atoms with van der Waals surface area (Å²) in [6, 6.07) is 17.8. The highest BCUT2D eigenvalue weighted by Gasteiger charge is 2.46. The molecule has 0 spiro atoms. The van der Waals surface area contributed by atoms with Crippen molar-refractivity contribution in [2.24, 2.45) is 0 Å². The van der Waals surface area contributed by atoms with E-state index in [2.05, 4.69) is 0 Å². The lowest BCUT2D eigenvalue weighted by Gasteiger charge is -2.26. The molecule has 3 aromatic rings. The van der Waals surface area contributed by atoms with Gasteiger partial charge in [-0.15, -0.1) is 0 Å². The molecule has 1 heterocycles. The predicted molar refractivity (Wildman–Crippen MR) is 149 cm³/mol. The Hall–Kier alpha value is -4.37. The van der Waals surface area contributed by atoms with Crippen LogP contribution in [0.4, 0.5) is 4.39 Å². The maximum absolute atomic E-state index is 14.5. The largest absolute Gasteiger partial charge is 0.507 e. The molecule has 1 saturated heterocycles. The summed E-state index contributed by atoms with van der Waals surface area (Å²) in [4.78, 5) is 30.0. The Kier molecular flexibility index (Phi) is 9.06. The number of aliphatic hydroxyl groups is 1. The van der Waals surface area contributed by atoms with Gasteiger partial charge in [0.2, 0.25) is 0 Å². The fourth-order valence-electron chi connectivity index (χ4n) is 4.69. The highest BCUT2D eigenvalue weighted by Crippen LogP contribution is 2.42. The average molecular weight is 549 g/mol. The van der Waals surface area contributed by atoms with Gasteiger partial charge in [0.05, 0.1) is 25.8 Å². The summed E-state index contributed by atoms with van der Waals surface area (Å²) in [5.74, 6) is -1.87. The topological polar surface area (TPSA) is 88.5 Å². The summed E-state index contributed by atoms with van der Waals surface area (Å²) >= 11 is 0. The second-order valence-corrected chi connectivity index (χ2v) is 9.68. The third-order valence-corrected chi connectivity index (χ3v) is 6.71. The maximum atomic E-state index is 14.5. The van der Waals surface area contributed by atoms with Gasteiger partial charge >= 0.3 is 0 Å². The normalized spacial score (nSPS) is 16.4. The first kappa shape index (κ1) is 28.6. The van der Waals surface area contributed by atoms with E-state index in [9.17, 15) is 19.1 Å². The van der Waals surface area contributed by atoms with Crippen molar-refractivity contribution in [3.05, 3.63) is 94.8 Å². The van der Waals surface area contributed by atoms with E-state index >= 15 is 0 Å². The lowest BCUT2D eigenvalue weighted by molar-refractivity contribution is -0.139. The zero-order valence-electron chi connectivity index (χ0n) is 23.0. The van der Waals surface area contributed by atoms with Gasteiger partial charge in [-0.2, -0.15) is 0 Å². The molecule has 210 valence electrons. The molecule has 1 unspecified atom stereocenters. The Morgan fingerprint density at radius 3 is 2.30 bits per heavy atom. The average Bonchev–Trinajstić information content (AvgIpc) is 3.21. The minimum atomic E-state index is -0.913. The van der Waals surface area contributed by atoms with Crippen molar-refractivity contribution < 1.29 is 33.3 Å². The van der Waals surface area contributed by atoms with E-state index in [-0.39, 0.29) is 23.4 Å². The molecule has 0 bridgehead atoms. The maximum Gasteiger partial charge on any atom is 0.295 e. The third kappa shape index (κ3) is 6.10. The fourth-order valence-corrected chi connectivity index (χ4v) is 4.69. The van der Waals surface area contributed by atoms with Crippen LogP contribution in [0.25, 0.3) is 5.76 Å². The van der Waals surface area contributed by atoms with Crippen LogP contribution < -0.4 is 14.2 Å². The van der Waals surface area contributed by atoms with E-state index in [1.54, 1.807) is 18.2 Å². The number of ketones is 1. The molecule has 0 aliphatic carbocycles. The van der Waals surface area contributed by atoms with Crippen molar-refractivity contribution in [1.82, 2.24) is 9.80 Å². The van der Waals surface area contributed by atoms with Crippen LogP contribution in [0.1, 0.15) is 29.2 Å². The number of amides is 1. The number of carbonyl (C=O) groups excluding carboxylic acids is 2. The quantitative estimate of drug-likeness (QED) is 0.209. The molecule has 1 aliphatic rings. The minimum Gasteiger partial charge on any atom is -0.507 e. The summed E-state index contributed by atoms with van der Waals surface area (Å²) in [6.07, 6.45) is 0.600. The fraction of sp³-hybridized carbons (Fsp3) is 0.290. The zero-order valence-corrected chi connectivity index (χ0v) is 23.0. The molecule has 9 heteroatoms. The van der Waals surface area contributed by atoms with Gasteiger partial charge in [0.15, 0.2) is 23.1 Å². The van der Waals surface area contributed by atoms with Crippen molar-refractivity contribution in [2.45, 2.75) is 19.1 Å². The van der Waals surface area contributed by atoms with Crippen LogP contribution in [0.15, 0.2) is 72.3 Å². The second kappa shape index (κ2) is 12.7. The van der Waals surface area contributed by atoms with Crippen molar-refractivity contribution in [3.8, 4) is 17.2 Å². The monoisotopic (exact) mass is 548 g/mol. The van der Waals surface area contributed by atoms with E-state index in [0.717, 1.165) is 11.6 Å². The summed E-state index contributed by atoms with van der Waals surface area (Å²) < 4.78 is 31.0. The van der Waals surface area contributed by atoms with Crippen molar-refractivity contribution in [2.75, 3.05) is 41.4 Å². The summed E-state index contributed by atoms with van der Waals surface area (Å²) in [7, 11) is 6.67. The van der Waals surface area contributed by atoms with E-state index in [0.29, 0.717) is 36.6 Å². The number of rotatable bonds is 11. The van der Waals surface area contributed by atoms with Gasteiger partial charge in [-0.05, 0) is 68.5 Å². The lowest BCUT2D eigenvalue weighted by atomic mass is 9.94. The van der Waals surface area contributed by atoms with Gasteiger partial charge in [0.25, 0.3) is 11.7 Å². The number of ether oxygens (including phenoxy) is 3. The Bertz CT molecular complexity index is 1410. The number of likely N-dealkylation sites (tertiary alicyclic amines) is 1. The summed E-state index contributed by atoms with van der Waals surface area (Å²) in [6.45, 7) is 1.29. The van der Waals surface area contributed by atoms with Gasteiger partial charge in [-0.25, -0.2) is 4.39 Å². The SMILES string of the molecule is COc1ccc(/C(O)=C2/C(=O)C(=O)N(CCCN(C)C)C2c2ccc(OCc3ccccc3)c(OC)c2)cc1F. The molecule has 4 rings (SSSR count). The van der Waals surface area contributed by atoms with E-state index in [1.165, 1.54) is 31.3 Å². The predicted octanol–water partition coefficient (Wildman–Crippen LogP) is 4.80. The zero-order chi connectivity index (χ0) is 28.8. The Labute approximate surface area is 233 Å². The number of methoxy groups -OCH3 is 2. The molecule has 0 saturated carbocycles. The smallest absolute Gasteiger partial charge is 0.295 e. The van der Waals surface area contributed by atoms with Crippen molar-refractivity contribution >= 4 is 17.4 Å². The molecular weight excluding hydrogens is 515 g/mol. The van der Waals surface area contributed by atoms with Crippen LogP contribution in [0.3, 0.4) is 0 Å². The number of halogens is 1. The standard InChI is InChI=1S/C31H33FN2O6/c1-33(2)15-8-16-34-28(21-11-14-25(26(18-21)39-4)40-19-20-9-6-5-7-10-20)27(30(36)31(34)37)29(35)22-12-13-24(38-3)23(32)17-22/h5-7,9-14,17-18,28,35H,8,15-16,19H2,1-4H3/b29-27-. The van der Waals surface area contributed by atoms with Crippen molar-refractivity contribution in [1.29, 1.82) is 0 Å². The van der Waals surface area contributed by atoms with Gasteiger partial charge in [-0.1, -0.05) is 36.4 Å². The van der Waals surface area contributed by atoms with Crippen LogP contribution in [0.2, 0.25) is 0 Å². The Morgan fingerprint density at radius 2 is 1.65 bits per heavy atom. The lowest BCUT2D eigenvalue weighted by Crippen LogP contribution is -2.32. The second-order valence-electron chi connectivity index (χ2n) is 9.68. The molecule has 8 nitrogen and oxygen atoms in total. The molecule has 3 aromatic carbocycles. The Morgan fingerprint density at radius 1 is 0.950 bits per heavy atom. The number of hydrogen-bond donors (Lipinski definition) is 1. The first-order chi connectivity index (χ1) is 19.2. The highest BCUT2D eigenvalue weighted by molar-refractivity contribution is 6.46. The van der Waals surface area contributed by atoms with E-state index < -0.39 is 29.3 Å². The van der Waals surface area contributed by atoms with Gasteiger partial charge in [0, 0.05) is 12.1 Å². The van der Waals surface area contributed by atoms with Crippen LogP contribution in [-0.2, 0) is 16.2 Å². The van der Waals surface area contributed by atoms with E-state index in [1.807, 2.05) is 49.3 Å². The first-order valence-corrected chi connectivity index (χ1v) is 12.9. The first-order valence-electron chi connectivity index (χ1n) is 12.9. The number of nitrogens with zero attached hydrogens (tertiary/aromatic N) is 2. The Balaban J connectivity index is 1.76. The summed E-state index contributed by atoms with van der Waals surface area (Å²) in [5.41, 5.74) is 1.46. The number of Topliss-reactive ketones (excluding diaryl/α,β-unsaturated/α-hetero) is 1. The number of carbonyl (C=O) groups is 2. The molecule has 1 amide bonds. The van der Waals surface area contributed by atoms with Crippen LogP contribution in [0.5, 0.6) is 17.2 Å². The highest BCUT2D eigenvalue weighted by atomic mass is 19.1. The minimum absolute atomic E-state index is 0.00642. The van der Waals surface area contributed by atoms with Crippen LogP contribution in [0, 0.1) is 5.82 Å². The third-order valence-electron chi connectivity index (χ3n) is 6.71. The number of hydrogen-bond acceptors (Lipinski definition) is 7. The number of benzene rings is 3. The molecular formula is C31H33FN2O6. The van der Waals surface area contributed by atoms with Crippen LogP contribution >= 0.6 is 0 Å². The molecule has 40 heavy (non-hydrogen) atoms. The van der Waals surface area contributed by atoms with Crippen molar-refractivity contribution in [3.63, 3.8) is 0 Å². The molecule has 1 fully saturated rings. The van der Waals surface area contributed by atoms with Crippen LogP contribution in [-0.4, -0.2) is 68.0 Å². The summed E-state index contributed by atoms with van der Waals surface area (Å²) in [5, 5.41) is 11.3.